The molecule has 2 aliphatic rings. The van der Waals surface area contributed by atoms with E-state index in [1.807, 2.05) is 42.5 Å². The first kappa shape index (κ1) is 36.1. The highest BCUT2D eigenvalue weighted by molar-refractivity contribution is 6.13. The molecule has 0 radical (unpaired) electrons. The number of rotatable bonds is 5. The summed E-state index contributed by atoms with van der Waals surface area (Å²) in [5, 5.41) is 3.15. The van der Waals surface area contributed by atoms with Crippen LogP contribution in [0.3, 0.4) is 0 Å². The Hall–Kier alpha value is -8.54. The Labute approximate surface area is 370 Å². The number of ether oxygens (including phenoxy) is 1. The first-order valence-corrected chi connectivity index (χ1v) is 21.6. The van der Waals surface area contributed by atoms with Gasteiger partial charge < -0.3 is 4.74 Å². The SMILES string of the molecule is c1ccc(-c2cccc(-c3nc(-c4ccccc4)nc(-c4ccc5c(c4)nc(-c4ccccc4)c4cc6c(cc45)C4(c5ccccc5O6)c5ccccc5-c5ccccc54)n3)c2)cc1. The second-order valence-corrected chi connectivity index (χ2v) is 16.5. The third-order valence-corrected chi connectivity index (χ3v) is 13.0. The quantitative estimate of drug-likeness (QED) is 0.162. The molecular weight excluding hydrogens is 781 g/mol. The predicted molar refractivity (Wildman–Crippen MR) is 257 cm³/mol. The monoisotopic (exact) mass is 816 g/mol. The van der Waals surface area contributed by atoms with Crippen LogP contribution < -0.4 is 4.74 Å². The molecule has 1 spiro atoms. The molecule has 0 unspecified atom stereocenters. The van der Waals surface area contributed by atoms with Crippen molar-refractivity contribution < 1.29 is 4.74 Å². The van der Waals surface area contributed by atoms with E-state index in [-0.39, 0.29) is 0 Å². The second kappa shape index (κ2) is 14.3. The molecule has 1 aliphatic heterocycles. The summed E-state index contributed by atoms with van der Waals surface area (Å²) in [7, 11) is 0. The van der Waals surface area contributed by atoms with Crippen molar-refractivity contribution in [2.45, 2.75) is 5.41 Å². The molecule has 0 saturated heterocycles. The number of benzene rings is 9. The van der Waals surface area contributed by atoms with Gasteiger partial charge in [-0.3, -0.25) is 0 Å². The number of hydrogen-bond acceptors (Lipinski definition) is 5. The highest BCUT2D eigenvalue weighted by Crippen LogP contribution is 2.62. The van der Waals surface area contributed by atoms with E-state index in [1.165, 1.54) is 22.3 Å². The lowest BCUT2D eigenvalue weighted by Crippen LogP contribution is -2.32. The third kappa shape index (κ3) is 5.51. The van der Waals surface area contributed by atoms with Crippen molar-refractivity contribution in [2.24, 2.45) is 0 Å². The number of hydrogen-bond donors (Lipinski definition) is 0. The van der Waals surface area contributed by atoms with E-state index in [9.17, 15) is 0 Å². The molecule has 3 heterocycles. The van der Waals surface area contributed by atoms with Gasteiger partial charge in [0.2, 0.25) is 0 Å². The van der Waals surface area contributed by atoms with Crippen molar-refractivity contribution in [3.05, 3.63) is 241 Å². The van der Waals surface area contributed by atoms with Gasteiger partial charge in [-0.05, 0) is 69.1 Å². The highest BCUT2D eigenvalue weighted by Gasteiger charge is 2.51. The lowest BCUT2D eigenvalue weighted by atomic mass is 9.65. The van der Waals surface area contributed by atoms with Crippen LogP contribution in [-0.4, -0.2) is 19.9 Å². The largest absolute Gasteiger partial charge is 0.457 e. The van der Waals surface area contributed by atoms with Crippen LogP contribution >= 0.6 is 0 Å². The number of para-hydroxylation sites is 1. The van der Waals surface area contributed by atoms with Crippen molar-refractivity contribution >= 4 is 21.7 Å². The molecule has 0 N–H and O–H groups in total. The Morgan fingerprint density at radius 3 is 1.52 bits per heavy atom. The maximum atomic E-state index is 6.96. The predicted octanol–water partition coefficient (Wildman–Crippen LogP) is 14.4. The molecule has 0 amide bonds. The maximum Gasteiger partial charge on any atom is 0.164 e. The first-order chi connectivity index (χ1) is 31.7. The van der Waals surface area contributed by atoms with Gasteiger partial charge in [0.25, 0.3) is 0 Å². The van der Waals surface area contributed by atoms with Crippen LogP contribution in [0.1, 0.15) is 22.3 Å². The van der Waals surface area contributed by atoms with E-state index in [4.69, 9.17) is 24.7 Å². The van der Waals surface area contributed by atoms with Crippen molar-refractivity contribution in [1.29, 1.82) is 0 Å². The average molecular weight is 817 g/mol. The van der Waals surface area contributed by atoms with Crippen LogP contribution in [0, 0.1) is 0 Å². The Morgan fingerprint density at radius 1 is 0.297 bits per heavy atom. The maximum absolute atomic E-state index is 6.96. The van der Waals surface area contributed by atoms with E-state index < -0.39 is 5.41 Å². The standard InChI is InChI=1S/C59H36N4O/c1-4-17-37(18-5-1)40-23-16-24-41(33-40)57-61-56(39-21-8-3-9-22-39)62-58(63-57)42-31-32-45-46-35-51-54(36-47(46)55(60-52(45)34-42)38-19-6-2-7-20-38)64-53-30-15-14-29-50(53)59(51)48-27-12-10-25-43(48)44-26-11-13-28-49(44)59/h1-36H. The molecule has 298 valence electrons. The molecule has 5 nitrogen and oxygen atoms in total. The van der Waals surface area contributed by atoms with E-state index in [1.54, 1.807) is 0 Å². The molecule has 2 aromatic heterocycles. The van der Waals surface area contributed by atoms with Crippen molar-refractivity contribution in [3.63, 3.8) is 0 Å². The fourth-order valence-electron chi connectivity index (χ4n) is 10.1. The number of nitrogens with zero attached hydrogens (tertiary/aromatic N) is 4. The minimum atomic E-state index is -0.596. The van der Waals surface area contributed by atoms with E-state index in [0.717, 1.165) is 83.4 Å². The Balaban J connectivity index is 1.06. The Morgan fingerprint density at radius 2 is 0.828 bits per heavy atom. The van der Waals surface area contributed by atoms with Gasteiger partial charge in [-0.1, -0.05) is 188 Å². The topological polar surface area (TPSA) is 60.8 Å². The van der Waals surface area contributed by atoms with E-state index >= 15 is 0 Å². The highest BCUT2D eigenvalue weighted by atomic mass is 16.5. The minimum Gasteiger partial charge on any atom is -0.457 e. The van der Waals surface area contributed by atoms with Crippen LogP contribution in [0.4, 0.5) is 0 Å². The van der Waals surface area contributed by atoms with Gasteiger partial charge >= 0.3 is 0 Å². The van der Waals surface area contributed by atoms with Crippen molar-refractivity contribution in [2.75, 3.05) is 0 Å². The molecule has 9 aromatic carbocycles. The van der Waals surface area contributed by atoms with Crippen molar-refractivity contribution in [1.82, 2.24) is 19.9 Å². The normalized spacial score (nSPS) is 12.9. The lowest BCUT2D eigenvalue weighted by molar-refractivity contribution is 0.437. The van der Waals surface area contributed by atoms with Crippen LogP contribution in [0.25, 0.3) is 89.4 Å². The van der Waals surface area contributed by atoms with Crippen LogP contribution in [0.5, 0.6) is 11.5 Å². The van der Waals surface area contributed by atoms with Gasteiger partial charge in [0.1, 0.15) is 11.5 Å². The molecular formula is C59H36N4O. The molecule has 1 aliphatic carbocycles. The molecule has 64 heavy (non-hydrogen) atoms. The molecule has 0 fully saturated rings. The summed E-state index contributed by atoms with van der Waals surface area (Å²) in [5.41, 5.74) is 14.3. The molecule has 0 saturated carbocycles. The van der Waals surface area contributed by atoms with Gasteiger partial charge in [-0.25, -0.2) is 19.9 Å². The Bertz CT molecular complexity index is 3600. The second-order valence-electron chi connectivity index (χ2n) is 16.5. The van der Waals surface area contributed by atoms with Crippen molar-refractivity contribution in [3.8, 4) is 79.2 Å². The molecule has 0 bridgehead atoms. The minimum absolute atomic E-state index is 0.576. The van der Waals surface area contributed by atoms with Gasteiger partial charge in [-0.2, -0.15) is 0 Å². The summed E-state index contributed by atoms with van der Waals surface area (Å²) in [6.45, 7) is 0. The molecule has 0 atom stereocenters. The number of pyridine rings is 1. The zero-order valence-corrected chi connectivity index (χ0v) is 34.5. The summed E-state index contributed by atoms with van der Waals surface area (Å²) < 4.78 is 6.96. The number of aromatic nitrogens is 4. The fraction of sp³-hybridized carbons (Fsp3) is 0.0169. The van der Waals surface area contributed by atoms with Gasteiger partial charge in [-0.15, -0.1) is 0 Å². The average Bonchev–Trinajstić information content (AvgIpc) is 3.66. The van der Waals surface area contributed by atoms with Gasteiger partial charge in [0.15, 0.2) is 17.5 Å². The third-order valence-electron chi connectivity index (χ3n) is 13.0. The summed E-state index contributed by atoms with van der Waals surface area (Å²) in [5.74, 6) is 3.48. The van der Waals surface area contributed by atoms with E-state index in [2.05, 4.69) is 176 Å². The smallest absolute Gasteiger partial charge is 0.164 e. The first-order valence-electron chi connectivity index (χ1n) is 21.6. The zero-order valence-electron chi connectivity index (χ0n) is 34.5. The summed E-state index contributed by atoms with van der Waals surface area (Å²) in [4.78, 5) is 20.9. The van der Waals surface area contributed by atoms with E-state index in [0.29, 0.717) is 17.5 Å². The van der Waals surface area contributed by atoms with Crippen LogP contribution in [0.15, 0.2) is 218 Å². The summed E-state index contributed by atoms with van der Waals surface area (Å²) in [6.07, 6.45) is 0. The summed E-state index contributed by atoms with van der Waals surface area (Å²) >= 11 is 0. The summed E-state index contributed by atoms with van der Waals surface area (Å²) in [6, 6.07) is 76.6. The van der Waals surface area contributed by atoms with Gasteiger partial charge in [0, 0.05) is 44.2 Å². The molecule has 13 rings (SSSR count). The van der Waals surface area contributed by atoms with Crippen LogP contribution in [-0.2, 0) is 5.41 Å². The van der Waals surface area contributed by atoms with Gasteiger partial charge in [0.05, 0.1) is 16.6 Å². The number of fused-ring (bicyclic) bond motifs is 12. The lowest BCUT2D eigenvalue weighted by Gasteiger charge is -2.39. The molecule has 5 heteroatoms. The Kier molecular flexibility index (Phi) is 8.06. The molecule has 11 aromatic rings. The zero-order chi connectivity index (χ0) is 42.2. The van der Waals surface area contributed by atoms with Crippen LogP contribution in [0.2, 0.25) is 0 Å². The fourth-order valence-corrected chi connectivity index (χ4v) is 10.1.